The van der Waals surface area contributed by atoms with Gasteiger partial charge in [-0.2, -0.15) is 0 Å². The Morgan fingerprint density at radius 2 is 1.89 bits per heavy atom. The van der Waals surface area contributed by atoms with Gasteiger partial charge in [0.15, 0.2) is 0 Å². The second-order valence-corrected chi connectivity index (χ2v) is 9.84. The van der Waals surface area contributed by atoms with Gasteiger partial charge in [0.1, 0.15) is 4.83 Å². The van der Waals surface area contributed by atoms with Crippen molar-refractivity contribution in [2.75, 3.05) is 5.32 Å². The number of hydrogen-bond donors (Lipinski definition) is 1. The fourth-order valence-corrected chi connectivity index (χ4v) is 4.93. The lowest BCUT2D eigenvalue weighted by atomic mass is 10.1. The quantitative estimate of drug-likeness (QED) is 0.374. The third-order valence-corrected chi connectivity index (χ3v) is 6.81. The zero-order valence-electron chi connectivity index (χ0n) is 20.3. The number of benzene rings is 2. The maximum Gasteiger partial charge on any atom is 0.338 e. The number of thiophene rings is 1. The van der Waals surface area contributed by atoms with E-state index < -0.39 is 5.97 Å². The summed E-state index contributed by atoms with van der Waals surface area (Å²) in [6.07, 6.45) is 1.26. The van der Waals surface area contributed by atoms with Crippen molar-refractivity contribution in [1.29, 1.82) is 0 Å². The van der Waals surface area contributed by atoms with E-state index in [1.807, 2.05) is 38.1 Å². The molecule has 4 aromatic rings. The number of anilines is 1. The van der Waals surface area contributed by atoms with Crippen molar-refractivity contribution in [2.45, 2.75) is 47.3 Å². The predicted molar refractivity (Wildman–Crippen MR) is 139 cm³/mol. The van der Waals surface area contributed by atoms with Crippen molar-refractivity contribution < 1.29 is 14.3 Å². The minimum atomic E-state index is -0.407. The maximum absolute atomic E-state index is 13.3. The first-order valence-corrected chi connectivity index (χ1v) is 12.1. The fraction of sp³-hybridized carbons (Fsp3) is 0.259. The minimum absolute atomic E-state index is 0.219. The lowest BCUT2D eigenvalue weighted by Gasteiger charge is -2.10. The molecule has 35 heavy (non-hydrogen) atoms. The second-order valence-electron chi connectivity index (χ2n) is 8.84. The molecule has 0 atom stereocenters. The van der Waals surface area contributed by atoms with Crippen molar-refractivity contribution in [3.05, 3.63) is 91.8 Å². The van der Waals surface area contributed by atoms with Gasteiger partial charge in [-0.25, -0.2) is 9.78 Å². The largest absolute Gasteiger partial charge is 0.459 e. The molecule has 180 valence electrons. The Morgan fingerprint density at radius 1 is 1.11 bits per heavy atom. The summed E-state index contributed by atoms with van der Waals surface area (Å²) < 4.78 is 6.75. The van der Waals surface area contributed by atoms with Crippen LogP contribution in [0.25, 0.3) is 10.2 Å². The molecule has 0 aliphatic rings. The third kappa shape index (κ3) is 5.17. The van der Waals surface area contributed by atoms with Gasteiger partial charge in [0.25, 0.3) is 11.5 Å². The van der Waals surface area contributed by atoms with Crippen LogP contribution in [0, 0.1) is 20.8 Å². The molecule has 8 heteroatoms. The molecule has 0 unspecified atom stereocenters. The van der Waals surface area contributed by atoms with Gasteiger partial charge in [-0.1, -0.05) is 29.8 Å². The Bertz CT molecular complexity index is 1500. The van der Waals surface area contributed by atoms with E-state index in [0.29, 0.717) is 26.2 Å². The van der Waals surface area contributed by atoms with E-state index in [1.54, 1.807) is 39.0 Å². The molecule has 2 aromatic carbocycles. The normalized spacial score (nSPS) is 11.1. The molecule has 0 aliphatic carbocycles. The van der Waals surface area contributed by atoms with Crippen LogP contribution in [-0.2, 0) is 11.3 Å². The fourth-order valence-electron chi connectivity index (χ4n) is 3.90. The summed E-state index contributed by atoms with van der Waals surface area (Å²) in [5.41, 5.74) is 4.39. The molecular weight excluding hydrogens is 462 g/mol. The number of nitrogens with zero attached hydrogens (tertiary/aromatic N) is 2. The number of nitrogens with one attached hydrogen (secondary N) is 1. The van der Waals surface area contributed by atoms with Crippen molar-refractivity contribution in [3.8, 4) is 0 Å². The average Bonchev–Trinajstić information content (AvgIpc) is 3.14. The smallest absolute Gasteiger partial charge is 0.338 e. The Balaban J connectivity index is 1.63. The van der Waals surface area contributed by atoms with Crippen LogP contribution in [0.5, 0.6) is 0 Å². The van der Waals surface area contributed by atoms with Crippen molar-refractivity contribution in [2.24, 2.45) is 0 Å². The number of rotatable bonds is 6. The lowest BCUT2D eigenvalue weighted by molar-refractivity contribution is 0.0377. The molecule has 0 saturated heterocycles. The van der Waals surface area contributed by atoms with Gasteiger partial charge in [-0.3, -0.25) is 14.2 Å². The molecule has 0 aliphatic heterocycles. The van der Waals surface area contributed by atoms with E-state index in [9.17, 15) is 14.4 Å². The van der Waals surface area contributed by atoms with E-state index in [4.69, 9.17) is 4.74 Å². The van der Waals surface area contributed by atoms with Gasteiger partial charge in [0.2, 0.25) is 0 Å². The molecule has 0 bridgehead atoms. The Kier molecular flexibility index (Phi) is 6.84. The first-order valence-electron chi connectivity index (χ1n) is 11.3. The monoisotopic (exact) mass is 489 g/mol. The summed E-state index contributed by atoms with van der Waals surface area (Å²) in [4.78, 5) is 44.0. The van der Waals surface area contributed by atoms with Gasteiger partial charge in [0, 0.05) is 5.69 Å². The topological polar surface area (TPSA) is 90.3 Å². The first-order chi connectivity index (χ1) is 16.6. The van der Waals surface area contributed by atoms with Gasteiger partial charge in [-0.15, -0.1) is 11.3 Å². The van der Waals surface area contributed by atoms with Gasteiger partial charge >= 0.3 is 5.97 Å². The maximum atomic E-state index is 13.3. The first kappa shape index (κ1) is 24.3. The van der Waals surface area contributed by atoms with Crippen LogP contribution in [0.4, 0.5) is 5.69 Å². The number of hydrogen-bond acceptors (Lipinski definition) is 6. The third-order valence-electron chi connectivity index (χ3n) is 5.61. The predicted octanol–water partition coefficient (Wildman–Crippen LogP) is 5.25. The number of amides is 1. The molecule has 1 N–H and O–H groups in total. The summed E-state index contributed by atoms with van der Waals surface area (Å²) in [6.45, 7) is 9.54. The van der Waals surface area contributed by atoms with Crippen LogP contribution in [-0.4, -0.2) is 27.5 Å². The number of carbonyl (C=O) groups is 2. The number of carbonyl (C=O) groups excluding carboxylic acids is 2. The van der Waals surface area contributed by atoms with Crippen LogP contribution in [0.15, 0.2) is 53.6 Å². The van der Waals surface area contributed by atoms with Crippen LogP contribution in [0.1, 0.15) is 56.1 Å². The summed E-state index contributed by atoms with van der Waals surface area (Å²) in [5.74, 6) is -0.671. The molecule has 0 fully saturated rings. The Labute approximate surface area is 207 Å². The van der Waals surface area contributed by atoms with E-state index in [0.717, 1.165) is 22.4 Å². The van der Waals surface area contributed by atoms with Gasteiger partial charge in [-0.05, 0) is 69.5 Å². The Morgan fingerprint density at radius 3 is 2.60 bits per heavy atom. The zero-order chi connectivity index (χ0) is 25.3. The number of esters is 1. The molecule has 0 saturated carbocycles. The molecule has 1 amide bonds. The number of aryl methyl sites for hydroxylation is 3. The standard InChI is InChI=1S/C27H27N3O4S/c1-15(2)34-27(33)20-8-6-7-19(12-20)13-30-14-28-25-22(26(30)32)18(5)23(35-25)24(31)29-21-10-9-16(3)11-17(21)4/h6-12,14-15H,13H2,1-5H3,(H,29,31). The summed E-state index contributed by atoms with van der Waals surface area (Å²) >= 11 is 1.20. The average molecular weight is 490 g/mol. The number of fused-ring (bicyclic) bond motifs is 1. The molecule has 4 rings (SSSR count). The molecule has 0 radical (unpaired) electrons. The minimum Gasteiger partial charge on any atom is -0.459 e. The molecule has 7 nitrogen and oxygen atoms in total. The van der Waals surface area contributed by atoms with Crippen LogP contribution < -0.4 is 10.9 Å². The van der Waals surface area contributed by atoms with E-state index >= 15 is 0 Å². The van der Waals surface area contributed by atoms with Crippen molar-refractivity contribution in [1.82, 2.24) is 9.55 Å². The van der Waals surface area contributed by atoms with Crippen molar-refractivity contribution in [3.63, 3.8) is 0 Å². The molecule has 2 heterocycles. The second kappa shape index (κ2) is 9.84. The van der Waals surface area contributed by atoms with E-state index in [-0.39, 0.29) is 24.1 Å². The highest BCUT2D eigenvalue weighted by atomic mass is 32.1. The van der Waals surface area contributed by atoms with Crippen LogP contribution in [0.2, 0.25) is 0 Å². The summed E-state index contributed by atoms with van der Waals surface area (Å²) in [5, 5.41) is 3.38. The highest BCUT2D eigenvalue weighted by Crippen LogP contribution is 2.28. The molecular formula is C27H27N3O4S. The van der Waals surface area contributed by atoms with Crippen LogP contribution in [0.3, 0.4) is 0 Å². The summed E-state index contributed by atoms with van der Waals surface area (Å²) in [6, 6.07) is 12.8. The van der Waals surface area contributed by atoms with Gasteiger partial charge < -0.3 is 10.1 Å². The van der Waals surface area contributed by atoms with E-state index in [2.05, 4.69) is 10.3 Å². The SMILES string of the molecule is Cc1ccc(NC(=O)c2sc3ncn(Cc4cccc(C(=O)OC(C)C)c4)c(=O)c3c2C)c(C)c1. The lowest BCUT2D eigenvalue weighted by Crippen LogP contribution is -2.21. The van der Waals surface area contributed by atoms with Crippen molar-refractivity contribution >= 4 is 39.1 Å². The summed E-state index contributed by atoms with van der Waals surface area (Å²) in [7, 11) is 0. The highest BCUT2D eigenvalue weighted by Gasteiger charge is 2.20. The number of aromatic nitrogens is 2. The molecule has 2 aromatic heterocycles. The van der Waals surface area contributed by atoms with Gasteiger partial charge in [0.05, 0.1) is 34.8 Å². The molecule has 0 spiro atoms. The number of ether oxygens (including phenoxy) is 1. The van der Waals surface area contributed by atoms with E-state index in [1.165, 1.54) is 22.2 Å². The van der Waals surface area contributed by atoms with Crippen LogP contribution >= 0.6 is 11.3 Å². The highest BCUT2D eigenvalue weighted by molar-refractivity contribution is 7.20. The Hall–Kier alpha value is -3.78. The zero-order valence-corrected chi connectivity index (χ0v) is 21.2.